The van der Waals surface area contributed by atoms with E-state index >= 15 is 0 Å². The van der Waals surface area contributed by atoms with E-state index in [1.165, 1.54) is 14.2 Å². The van der Waals surface area contributed by atoms with Crippen LogP contribution in [0.2, 0.25) is 20.1 Å². The van der Waals surface area contributed by atoms with Crippen LogP contribution in [0.5, 0.6) is 0 Å². The van der Waals surface area contributed by atoms with E-state index in [0.717, 1.165) is 22.3 Å². The molecule has 0 heterocycles. The highest BCUT2D eigenvalue weighted by atomic mass is 35.5. The summed E-state index contributed by atoms with van der Waals surface area (Å²) in [5.41, 5.74) is 7.44. The number of ether oxygens (including phenoxy) is 4. The Morgan fingerprint density at radius 3 is 1.26 bits per heavy atom. The Hall–Kier alpha value is -5.54. The van der Waals surface area contributed by atoms with Gasteiger partial charge in [-0.05, 0) is 101 Å². The number of nitrogens with one attached hydrogen (secondary N) is 3. The third-order valence-electron chi connectivity index (χ3n) is 9.14. The lowest BCUT2D eigenvalue weighted by Gasteiger charge is -2.20. The molecule has 0 saturated heterocycles. The summed E-state index contributed by atoms with van der Waals surface area (Å²) in [6.07, 6.45) is -1.27. The van der Waals surface area contributed by atoms with E-state index < -0.39 is 59.3 Å². The first kappa shape index (κ1) is 67.5. The van der Waals surface area contributed by atoms with Gasteiger partial charge in [-0.2, -0.15) is 27.0 Å². The lowest BCUT2D eigenvalue weighted by Crippen LogP contribution is -2.42. The summed E-state index contributed by atoms with van der Waals surface area (Å²) in [4.78, 5) is 93.7. The van der Waals surface area contributed by atoms with Crippen LogP contribution in [0.15, 0.2) is 84.9 Å². The molecule has 73 heavy (non-hydrogen) atoms. The highest BCUT2D eigenvalue weighted by molar-refractivity contribution is 7.59. The maximum absolute atomic E-state index is 12.9. The predicted octanol–water partition coefficient (Wildman–Crippen LogP) is 9.75. The molecule has 4 rings (SSSR count). The number of alkyl carbamates (subject to hydrolysis) is 2. The molecule has 0 saturated carbocycles. The Morgan fingerprint density at radius 2 is 0.918 bits per heavy atom. The van der Waals surface area contributed by atoms with E-state index in [1.54, 1.807) is 65.8 Å². The molecule has 0 aliphatic heterocycles. The fraction of sp³-hybridized carbons (Fsp3) is 0.360. The number of nitrogens with two attached hydrogens (primary N) is 1. The first-order valence-electron chi connectivity index (χ1n) is 21.7. The lowest BCUT2D eigenvalue weighted by molar-refractivity contribution is -0.143. The van der Waals surface area contributed by atoms with Crippen LogP contribution in [0.3, 0.4) is 0 Å². The molecule has 6 N–H and O–H groups in total. The number of carboxylic acids is 1. The molecule has 17 nitrogen and oxygen atoms in total. The number of carboxylic acid groups (broad SMARTS) is 1. The van der Waals surface area contributed by atoms with Gasteiger partial charge in [0.15, 0.2) is 11.6 Å². The van der Waals surface area contributed by atoms with Crippen LogP contribution in [-0.4, -0.2) is 103 Å². The van der Waals surface area contributed by atoms with Gasteiger partial charge in [0, 0.05) is 12.8 Å². The molecule has 4 aromatic rings. The van der Waals surface area contributed by atoms with E-state index in [4.69, 9.17) is 71.5 Å². The van der Waals surface area contributed by atoms with E-state index in [2.05, 4.69) is 20.7 Å². The van der Waals surface area contributed by atoms with Crippen LogP contribution < -0.4 is 21.7 Å². The van der Waals surface area contributed by atoms with Gasteiger partial charge >= 0.3 is 30.1 Å². The number of ketones is 2. The standard InChI is InChI=1S/C25H28Cl2N2O6.C13H8Cl2O2.C12H22N2O5.2H2S/c1-25(2,3)35-24(33)28-14-17(30)10-11-20(23(32)34-4)29-22(31)21-18(26)12-16(13-19(21)27)15-8-6-5-7-9-15;14-10-6-9(8-4-2-1-3-5-8)7-11(15)12(10)13(16)17;1-12(2,3)19-11(17)14-7-8(15)5-6-9(13)10(16)18-4;;/h5-9,12-13,20H,10-11,14H2,1-4H3,(H,28,33)(H,29,31);1-7H,(H,16,17);9H,5-7,13H2,1-4H3,(H,14,17);2*1H2/t20-;;9-;;/m0.0../s1. The fourth-order valence-electron chi connectivity index (χ4n) is 5.82. The number of hydrogen-bond donors (Lipinski definition) is 5. The summed E-state index contributed by atoms with van der Waals surface area (Å²) >= 11 is 24.5. The normalized spacial score (nSPS) is 11.3. The Kier molecular flexibility index (Phi) is 30.1. The largest absolute Gasteiger partial charge is 0.478 e. The Labute approximate surface area is 458 Å². The number of carbonyl (C=O) groups is 8. The Balaban J connectivity index is 0.00000115. The smallest absolute Gasteiger partial charge is 0.408 e. The van der Waals surface area contributed by atoms with Crippen molar-refractivity contribution in [1.82, 2.24) is 16.0 Å². The minimum Gasteiger partial charge on any atom is -0.478 e. The molecule has 0 bridgehead atoms. The molecule has 3 amide bonds. The number of amides is 3. The molecule has 0 fully saturated rings. The summed E-state index contributed by atoms with van der Waals surface area (Å²) in [6, 6.07) is 23.3. The zero-order valence-electron chi connectivity index (χ0n) is 41.4. The van der Waals surface area contributed by atoms with Gasteiger partial charge in [0.2, 0.25) is 0 Å². The molecular weight excluding hydrogens is 1070 g/mol. The van der Waals surface area contributed by atoms with Crippen molar-refractivity contribution < 1.29 is 62.4 Å². The first-order chi connectivity index (χ1) is 33.2. The topological polar surface area (TPSA) is 256 Å². The number of rotatable bonds is 17. The van der Waals surface area contributed by atoms with Gasteiger partial charge in [0.25, 0.3) is 5.91 Å². The van der Waals surface area contributed by atoms with E-state index in [-0.39, 0.29) is 109 Å². The summed E-state index contributed by atoms with van der Waals surface area (Å²) in [5, 5.41) is 16.7. The third-order valence-corrected chi connectivity index (χ3v) is 10.3. The molecule has 0 spiro atoms. The van der Waals surface area contributed by atoms with E-state index in [9.17, 15) is 38.4 Å². The number of carbonyl (C=O) groups excluding carboxylic acids is 7. The van der Waals surface area contributed by atoms with E-state index in [1.807, 2.05) is 60.7 Å². The Bertz CT molecular complexity index is 2460. The Morgan fingerprint density at radius 1 is 0.562 bits per heavy atom. The number of hydrogen-bond acceptors (Lipinski definition) is 13. The van der Waals surface area contributed by atoms with Crippen LogP contribution in [0.25, 0.3) is 22.3 Å². The molecule has 400 valence electrons. The van der Waals surface area contributed by atoms with Gasteiger partial charge in [-0.1, -0.05) is 107 Å². The number of halogens is 4. The second-order valence-electron chi connectivity index (χ2n) is 17.2. The summed E-state index contributed by atoms with van der Waals surface area (Å²) in [5.74, 6) is -3.70. The third kappa shape index (κ3) is 25.3. The summed E-state index contributed by atoms with van der Waals surface area (Å²) in [7, 11) is 2.40. The molecule has 23 heteroatoms. The van der Waals surface area contributed by atoms with Crippen molar-refractivity contribution in [3.05, 3.63) is 116 Å². The number of Topliss-reactive ketones (excluding diaryl/α,β-unsaturated/α-hetero) is 2. The van der Waals surface area contributed by atoms with Crippen molar-refractivity contribution in [1.29, 1.82) is 0 Å². The minimum absolute atomic E-state index is 0. The van der Waals surface area contributed by atoms with E-state index in [0.29, 0.717) is 0 Å². The molecule has 0 aliphatic rings. The predicted molar refractivity (Wildman–Crippen MR) is 292 cm³/mol. The van der Waals surface area contributed by atoms with Crippen molar-refractivity contribution in [2.45, 2.75) is 90.5 Å². The zero-order valence-corrected chi connectivity index (χ0v) is 46.4. The molecule has 0 aromatic heterocycles. The quantitative estimate of drug-likeness (QED) is 0.0487. The average Bonchev–Trinajstić information content (AvgIpc) is 3.29. The fourth-order valence-corrected chi connectivity index (χ4v) is 7.13. The maximum Gasteiger partial charge on any atom is 0.408 e. The van der Waals surface area contributed by atoms with Crippen LogP contribution >= 0.6 is 73.4 Å². The first-order valence-corrected chi connectivity index (χ1v) is 23.2. The van der Waals surface area contributed by atoms with Crippen LogP contribution in [0.1, 0.15) is 87.9 Å². The van der Waals surface area contributed by atoms with Gasteiger partial charge in [-0.3, -0.25) is 19.2 Å². The van der Waals surface area contributed by atoms with Gasteiger partial charge in [0.1, 0.15) is 23.3 Å². The number of esters is 2. The summed E-state index contributed by atoms with van der Waals surface area (Å²) in [6.45, 7) is 9.85. The minimum atomic E-state index is -1.13. The second kappa shape index (κ2) is 32.6. The van der Waals surface area contributed by atoms with Crippen molar-refractivity contribution >= 4 is 121 Å². The zero-order chi connectivity index (χ0) is 53.6. The molecule has 4 aromatic carbocycles. The van der Waals surface area contributed by atoms with Crippen LogP contribution in [-0.2, 0) is 38.1 Å². The number of benzene rings is 4. The number of aromatic carboxylic acids is 1. The maximum atomic E-state index is 12.9. The molecular formula is C50H62Cl4N4O13S2. The van der Waals surface area contributed by atoms with Crippen LogP contribution in [0.4, 0.5) is 9.59 Å². The lowest BCUT2D eigenvalue weighted by atomic mass is 10.0. The highest BCUT2D eigenvalue weighted by Crippen LogP contribution is 2.33. The van der Waals surface area contributed by atoms with Crippen molar-refractivity contribution in [3.63, 3.8) is 0 Å². The van der Waals surface area contributed by atoms with Crippen LogP contribution in [0, 0.1) is 0 Å². The second-order valence-corrected chi connectivity index (χ2v) is 18.8. The molecule has 0 aliphatic carbocycles. The molecule has 2 atom stereocenters. The van der Waals surface area contributed by atoms with Crippen molar-refractivity contribution in [2.24, 2.45) is 5.73 Å². The average molecular weight is 1130 g/mol. The highest BCUT2D eigenvalue weighted by Gasteiger charge is 2.27. The summed E-state index contributed by atoms with van der Waals surface area (Å²) < 4.78 is 19.2. The molecule has 0 radical (unpaired) electrons. The van der Waals surface area contributed by atoms with Crippen molar-refractivity contribution in [2.75, 3.05) is 27.3 Å². The number of methoxy groups -OCH3 is 2. The SMILES string of the molecule is COC(=O)[C@@H](N)CCC(=O)CNC(=O)OC(C)(C)C.COC(=O)[C@H](CCC(=O)CNC(=O)OC(C)(C)C)NC(=O)c1c(Cl)cc(-c2ccccc2)cc1Cl.O=C(O)c1c(Cl)cc(-c2ccccc2)cc1Cl.S.S. The molecule has 0 unspecified atom stereocenters. The van der Waals surface area contributed by atoms with Gasteiger partial charge in [-0.25, -0.2) is 19.2 Å². The van der Waals surface area contributed by atoms with Crippen molar-refractivity contribution in [3.8, 4) is 22.3 Å². The monoisotopic (exact) mass is 1130 g/mol. The van der Waals surface area contributed by atoms with Gasteiger partial charge < -0.3 is 45.7 Å². The van der Waals surface area contributed by atoms with Gasteiger partial charge in [0.05, 0.1) is 58.5 Å². The van der Waals surface area contributed by atoms with Gasteiger partial charge in [-0.15, -0.1) is 0 Å².